The highest BCUT2D eigenvalue weighted by atomic mass is 32.2. The Kier molecular flexibility index (Phi) is 7.27. The average Bonchev–Trinajstić information content (AvgIpc) is 3.01. The van der Waals surface area contributed by atoms with E-state index in [9.17, 15) is 9.59 Å². The van der Waals surface area contributed by atoms with Gasteiger partial charge in [0.1, 0.15) is 0 Å². The lowest BCUT2D eigenvalue weighted by molar-refractivity contribution is -0.142. The molecule has 1 aromatic heterocycles. The van der Waals surface area contributed by atoms with Crippen molar-refractivity contribution < 1.29 is 14.3 Å². The molecule has 0 saturated heterocycles. The number of aromatic nitrogens is 1. The maximum absolute atomic E-state index is 12.0. The maximum atomic E-state index is 12.0. The number of amides is 1. The molecule has 6 nitrogen and oxygen atoms in total. The van der Waals surface area contributed by atoms with Crippen LogP contribution in [0.15, 0.2) is 34.0 Å². The molecule has 0 aliphatic heterocycles. The van der Waals surface area contributed by atoms with E-state index in [4.69, 9.17) is 4.74 Å². The van der Waals surface area contributed by atoms with Crippen molar-refractivity contribution in [1.82, 2.24) is 4.98 Å². The summed E-state index contributed by atoms with van der Waals surface area (Å²) >= 11 is 2.77. The van der Waals surface area contributed by atoms with Crippen molar-refractivity contribution in [3.8, 4) is 0 Å². The Bertz CT molecular complexity index is 714. The topological polar surface area (TPSA) is 71.5 Å². The molecule has 0 bridgehead atoms. The summed E-state index contributed by atoms with van der Waals surface area (Å²) in [6.07, 6.45) is 0.162. The van der Waals surface area contributed by atoms with E-state index >= 15 is 0 Å². The Balaban J connectivity index is 1.80. The summed E-state index contributed by atoms with van der Waals surface area (Å²) < 4.78 is 5.66. The molecule has 2 aromatic rings. The first-order chi connectivity index (χ1) is 12.0. The molecule has 0 saturated carbocycles. The highest BCUT2D eigenvalue weighted by Crippen LogP contribution is 2.23. The first-order valence-corrected chi connectivity index (χ1v) is 9.64. The number of nitrogens with zero attached hydrogens (tertiary/aromatic N) is 2. The van der Waals surface area contributed by atoms with Crippen LogP contribution in [-0.2, 0) is 20.7 Å². The Labute approximate surface area is 155 Å². The van der Waals surface area contributed by atoms with Gasteiger partial charge < -0.3 is 15.0 Å². The number of hydrogen-bond donors (Lipinski definition) is 1. The van der Waals surface area contributed by atoms with Gasteiger partial charge in [-0.1, -0.05) is 11.8 Å². The number of esters is 1. The summed E-state index contributed by atoms with van der Waals surface area (Å²) in [5, 5.41) is 4.68. The molecule has 2 rings (SSSR count). The van der Waals surface area contributed by atoms with Gasteiger partial charge in [0.15, 0.2) is 4.34 Å². The number of benzene rings is 1. The van der Waals surface area contributed by atoms with Gasteiger partial charge in [0, 0.05) is 30.9 Å². The summed E-state index contributed by atoms with van der Waals surface area (Å²) in [7, 11) is 3.93. The lowest BCUT2D eigenvalue weighted by Gasteiger charge is -2.12. The van der Waals surface area contributed by atoms with Crippen LogP contribution in [0.3, 0.4) is 0 Å². The lowest BCUT2D eigenvalue weighted by atomic mass is 10.2. The molecular weight excluding hydrogens is 358 g/mol. The molecule has 0 atom stereocenters. The number of thiazole rings is 1. The quantitative estimate of drug-likeness (QED) is 0.561. The molecule has 1 amide bonds. The lowest BCUT2D eigenvalue weighted by Crippen LogP contribution is -2.14. The summed E-state index contributed by atoms with van der Waals surface area (Å²) in [6.45, 7) is 2.13. The van der Waals surface area contributed by atoms with Crippen LogP contribution in [0, 0.1) is 0 Å². The van der Waals surface area contributed by atoms with Crippen molar-refractivity contribution in [2.75, 3.05) is 36.7 Å². The van der Waals surface area contributed by atoms with E-state index in [2.05, 4.69) is 10.3 Å². The molecule has 0 aliphatic rings. The van der Waals surface area contributed by atoms with Gasteiger partial charge in [-0.3, -0.25) is 9.59 Å². The average molecular weight is 380 g/mol. The zero-order valence-corrected chi connectivity index (χ0v) is 16.1. The van der Waals surface area contributed by atoms with Crippen LogP contribution in [0.25, 0.3) is 0 Å². The number of thioether (sulfide) groups is 1. The molecule has 25 heavy (non-hydrogen) atoms. The zero-order valence-electron chi connectivity index (χ0n) is 14.4. The van der Waals surface area contributed by atoms with E-state index in [1.165, 1.54) is 23.1 Å². The number of anilines is 2. The van der Waals surface area contributed by atoms with Crippen LogP contribution in [0.4, 0.5) is 11.4 Å². The minimum Gasteiger partial charge on any atom is -0.466 e. The van der Waals surface area contributed by atoms with Crippen LogP contribution in [0.2, 0.25) is 0 Å². The molecule has 0 fully saturated rings. The van der Waals surface area contributed by atoms with Crippen LogP contribution < -0.4 is 10.2 Å². The van der Waals surface area contributed by atoms with E-state index in [0.29, 0.717) is 12.3 Å². The largest absolute Gasteiger partial charge is 0.466 e. The predicted molar refractivity (Wildman–Crippen MR) is 103 cm³/mol. The minimum atomic E-state index is -0.289. The number of ether oxygens (including phenoxy) is 1. The monoisotopic (exact) mass is 379 g/mol. The van der Waals surface area contributed by atoms with Crippen LogP contribution in [0.5, 0.6) is 0 Å². The third-order valence-corrected chi connectivity index (χ3v) is 5.23. The molecular formula is C17H21N3O3S2. The van der Waals surface area contributed by atoms with Crippen molar-refractivity contribution in [3.63, 3.8) is 0 Å². The second kappa shape index (κ2) is 9.43. The number of carbonyl (C=O) groups is 2. The number of nitrogens with one attached hydrogen (secondary N) is 1. The van der Waals surface area contributed by atoms with Gasteiger partial charge in [-0.2, -0.15) is 0 Å². The van der Waals surface area contributed by atoms with Gasteiger partial charge in [-0.15, -0.1) is 11.3 Å². The Hall–Kier alpha value is -2.06. The van der Waals surface area contributed by atoms with E-state index in [-0.39, 0.29) is 24.1 Å². The van der Waals surface area contributed by atoms with Gasteiger partial charge in [0.25, 0.3) is 0 Å². The fourth-order valence-corrected chi connectivity index (χ4v) is 3.61. The van der Waals surface area contributed by atoms with Gasteiger partial charge in [-0.05, 0) is 31.2 Å². The molecule has 0 unspecified atom stereocenters. The molecule has 1 N–H and O–H groups in total. The number of rotatable bonds is 8. The second-order valence-corrected chi connectivity index (χ2v) is 7.45. The van der Waals surface area contributed by atoms with Crippen LogP contribution >= 0.6 is 23.1 Å². The second-order valence-electron chi connectivity index (χ2n) is 5.36. The predicted octanol–water partition coefficient (Wildman–Crippen LogP) is 3.05. The maximum Gasteiger partial charge on any atom is 0.311 e. The fourth-order valence-electron chi connectivity index (χ4n) is 1.96. The molecule has 1 heterocycles. The Morgan fingerprint density at radius 2 is 2.00 bits per heavy atom. The smallest absolute Gasteiger partial charge is 0.311 e. The Morgan fingerprint density at radius 1 is 1.28 bits per heavy atom. The van der Waals surface area contributed by atoms with E-state index in [0.717, 1.165) is 15.7 Å². The SMILES string of the molecule is CCOC(=O)Cc1csc(SCC(=O)Nc2ccc(N(C)C)cc2)n1. The summed E-state index contributed by atoms with van der Waals surface area (Å²) in [4.78, 5) is 29.8. The van der Waals surface area contributed by atoms with Crippen molar-refractivity contribution in [2.24, 2.45) is 0 Å². The van der Waals surface area contributed by atoms with Crippen LogP contribution in [-0.4, -0.2) is 43.3 Å². The third kappa shape index (κ3) is 6.39. The molecule has 0 spiro atoms. The third-order valence-electron chi connectivity index (χ3n) is 3.16. The van der Waals surface area contributed by atoms with Crippen molar-refractivity contribution in [1.29, 1.82) is 0 Å². The Morgan fingerprint density at radius 3 is 2.64 bits per heavy atom. The summed E-state index contributed by atoms with van der Waals surface area (Å²) in [5.41, 5.74) is 2.51. The molecule has 134 valence electrons. The van der Waals surface area contributed by atoms with Crippen molar-refractivity contribution in [3.05, 3.63) is 35.3 Å². The molecule has 0 aliphatic carbocycles. The molecule has 0 radical (unpaired) electrons. The van der Waals surface area contributed by atoms with Gasteiger partial charge in [0.2, 0.25) is 5.91 Å². The van der Waals surface area contributed by atoms with Gasteiger partial charge in [0.05, 0.1) is 24.5 Å². The highest BCUT2D eigenvalue weighted by Gasteiger charge is 2.10. The molecule has 1 aromatic carbocycles. The van der Waals surface area contributed by atoms with Crippen LogP contribution in [0.1, 0.15) is 12.6 Å². The first kappa shape index (κ1) is 19.3. The first-order valence-electron chi connectivity index (χ1n) is 7.78. The molecule has 8 heteroatoms. The number of carbonyl (C=O) groups excluding carboxylic acids is 2. The van der Waals surface area contributed by atoms with E-state index in [1.807, 2.05) is 48.6 Å². The van der Waals surface area contributed by atoms with Crippen molar-refractivity contribution >= 4 is 46.3 Å². The van der Waals surface area contributed by atoms with Crippen molar-refractivity contribution in [2.45, 2.75) is 17.7 Å². The van der Waals surface area contributed by atoms with E-state index < -0.39 is 0 Å². The highest BCUT2D eigenvalue weighted by molar-refractivity contribution is 8.01. The summed E-state index contributed by atoms with van der Waals surface area (Å²) in [5.74, 6) is -0.116. The normalized spacial score (nSPS) is 10.4. The van der Waals surface area contributed by atoms with Gasteiger partial charge in [-0.25, -0.2) is 4.98 Å². The van der Waals surface area contributed by atoms with Gasteiger partial charge >= 0.3 is 5.97 Å². The standard InChI is InChI=1S/C17H21N3O3S2/c1-4-23-16(22)9-13-10-24-17(19-13)25-11-15(21)18-12-5-7-14(8-6-12)20(2)3/h5-8,10H,4,9,11H2,1-3H3,(H,18,21). The fraction of sp³-hybridized carbons (Fsp3) is 0.353. The van der Waals surface area contributed by atoms with E-state index in [1.54, 1.807) is 6.92 Å². The number of hydrogen-bond acceptors (Lipinski definition) is 7. The summed E-state index contributed by atoms with van der Waals surface area (Å²) in [6, 6.07) is 7.65. The zero-order chi connectivity index (χ0) is 18.2. The minimum absolute atomic E-state index is 0.0928.